The number of benzene rings is 2. The zero-order chi connectivity index (χ0) is 28.5. The topological polar surface area (TPSA) is 122 Å². The van der Waals surface area contributed by atoms with Crippen LogP contribution in [0.5, 0.6) is 0 Å². The van der Waals surface area contributed by atoms with Crippen LogP contribution in [0.1, 0.15) is 53.6 Å². The van der Waals surface area contributed by atoms with Gasteiger partial charge in [0.2, 0.25) is 17.8 Å². The zero-order valence-electron chi connectivity index (χ0n) is 24.0. The van der Waals surface area contributed by atoms with Gasteiger partial charge in [-0.1, -0.05) is 67.3 Å². The minimum atomic E-state index is -0.101. The molecule has 1 saturated carbocycles. The Morgan fingerprint density at radius 3 is 2.10 bits per heavy atom. The highest BCUT2D eigenvalue weighted by Gasteiger charge is 2.14. The third-order valence-electron chi connectivity index (χ3n) is 6.95. The Hall–Kier alpha value is -3.76. The van der Waals surface area contributed by atoms with E-state index in [2.05, 4.69) is 67.4 Å². The summed E-state index contributed by atoms with van der Waals surface area (Å²) in [6.45, 7) is 6.42. The molecule has 1 fully saturated rings. The first-order valence-electron chi connectivity index (χ1n) is 14.7. The van der Waals surface area contributed by atoms with Gasteiger partial charge in [0.1, 0.15) is 0 Å². The van der Waals surface area contributed by atoms with Crippen LogP contribution in [-0.2, 0) is 16.0 Å². The molecular weight excluding hydrogens is 518 g/mol. The maximum absolute atomic E-state index is 12.0. The van der Waals surface area contributed by atoms with Crippen molar-refractivity contribution < 1.29 is 14.3 Å². The molecule has 3 aromatic rings. The van der Waals surface area contributed by atoms with E-state index in [9.17, 15) is 4.79 Å². The van der Waals surface area contributed by atoms with E-state index in [1.54, 1.807) is 12.1 Å². The molecule has 41 heavy (non-hydrogen) atoms. The van der Waals surface area contributed by atoms with Crippen LogP contribution in [0.2, 0.25) is 0 Å². The Labute approximate surface area is 243 Å². The van der Waals surface area contributed by atoms with Crippen molar-refractivity contribution in [2.45, 2.75) is 45.6 Å². The molecule has 0 bridgehead atoms. The third kappa shape index (κ3) is 11.3. The Balaban J connectivity index is 1.15. The monoisotopic (exact) mass is 561 g/mol. The van der Waals surface area contributed by atoms with E-state index < -0.39 is 0 Å². The number of anilines is 3. The van der Waals surface area contributed by atoms with Crippen LogP contribution in [-0.4, -0.2) is 66.9 Å². The van der Waals surface area contributed by atoms with Gasteiger partial charge in [0, 0.05) is 31.7 Å². The van der Waals surface area contributed by atoms with Gasteiger partial charge < -0.3 is 30.7 Å². The molecule has 10 nitrogen and oxygen atoms in total. The predicted molar refractivity (Wildman–Crippen MR) is 162 cm³/mol. The van der Waals surface area contributed by atoms with Crippen molar-refractivity contribution in [3.05, 3.63) is 71.3 Å². The smallest absolute Gasteiger partial charge is 0.251 e. The second kappa shape index (κ2) is 17.1. The van der Waals surface area contributed by atoms with E-state index in [1.807, 2.05) is 18.2 Å². The van der Waals surface area contributed by atoms with Gasteiger partial charge in [0.25, 0.3) is 5.91 Å². The number of amides is 1. The molecule has 220 valence electrons. The van der Waals surface area contributed by atoms with Crippen LogP contribution in [0, 0.1) is 12.8 Å². The molecule has 0 atom stereocenters. The fourth-order valence-corrected chi connectivity index (χ4v) is 4.61. The molecule has 2 aromatic carbocycles. The molecule has 4 N–H and O–H groups in total. The molecule has 0 radical (unpaired) electrons. The summed E-state index contributed by atoms with van der Waals surface area (Å²) in [6.07, 6.45) is 6.45. The summed E-state index contributed by atoms with van der Waals surface area (Å²) in [5.41, 5.74) is 3.04. The lowest BCUT2D eigenvalue weighted by molar-refractivity contribution is 0.0519. The summed E-state index contributed by atoms with van der Waals surface area (Å²) in [6, 6.07) is 17.5. The highest BCUT2D eigenvalue weighted by molar-refractivity contribution is 5.94. The summed E-state index contributed by atoms with van der Waals surface area (Å²) in [5.74, 6) is 2.18. The van der Waals surface area contributed by atoms with E-state index in [4.69, 9.17) is 9.47 Å². The van der Waals surface area contributed by atoms with Crippen LogP contribution < -0.4 is 21.3 Å². The SMILES string of the molecule is Cc1ccc(CNc2nc(NCCOCCOCCNC(=O)c3ccccc3)nc(NCC3CCCCC3)n2)cc1. The zero-order valence-corrected chi connectivity index (χ0v) is 24.0. The van der Waals surface area contributed by atoms with Crippen molar-refractivity contribution in [3.8, 4) is 0 Å². The lowest BCUT2D eigenvalue weighted by Crippen LogP contribution is -2.27. The van der Waals surface area contributed by atoms with Gasteiger partial charge in [-0.25, -0.2) is 0 Å². The van der Waals surface area contributed by atoms with Crippen LogP contribution >= 0.6 is 0 Å². The van der Waals surface area contributed by atoms with Crippen molar-refractivity contribution >= 4 is 23.8 Å². The summed E-state index contributed by atoms with van der Waals surface area (Å²) < 4.78 is 11.2. The van der Waals surface area contributed by atoms with E-state index in [-0.39, 0.29) is 5.91 Å². The lowest BCUT2D eigenvalue weighted by atomic mass is 9.89. The highest BCUT2D eigenvalue weighted by atomic mass is 16.5. The standard InChI is InChI=1S/C31H43N7O3/c1-24-12-14-26(15-13-24)23-35-31-37-29(36-30(38-31)34-22-25-8-4-2-5-9-25)33-17-19-41-21-20-40-18-16-32-28(39)27-10-6-3-7-11-27/h3,6-7,10-15,25H,2,4-5,8-9,16-23H2,1H3,(H,32,39)(H3,33,34,35,36,37,38). The number of nitrogens with zero attached hydrogens (tertiary/aromatic N) is 3. The molecule has 0 saturated heterocycles. The van der Waals surface area contributed by atoms with Gasteiger partial charge in [-0.2, -0.15) is 15.0 Å². The fraction of sp³-hybridized carbons (Fsp3) is 0.484. The summed E-state index contributed by atoms with van der Waals surface area (Å²) in [4.78, 5) is 25.8. The number of hydrogen-bond acceptors (Lipinski definition) is 9. The van der Waals surface area contributed by atoms with Gasteiger partial charge in [-0.3, -0.25) is 4.79 Å². The predicted octanol–water partition coefficient (Wildman–Crippen LogP) is 4.66. The van der Waals surface area contributed by atoms with E-state index in [1.165, 1.54) is 37.7 Å². The minimum Gasteiger partial charge on any atom is -0.377 e. The number of hydrogen-bond donors (Lipinski definition) is 4. The first-order valence-corrected chi connectivity index (χ1v) is 14.7. The fourth-order valence-electron chi connectivity index (χ4n) is 4.61. The summed E-state index contributed by atoms with van der Waals surface area (Å²) >= 11 is 0. The Bertz CT molecular complexity index is 1170. The largest absolute Gasteiger partial charge is 0.377 e. The Morgan fingerprint density at radius 2 is 1.39 bits per heavy atom. The van der Waals surface area contributed by atoms with Crippen LogP contribution in [0.15, 0.2) is 54.6 Å². The van der Waals surface area contributed by atoms with Crippen molar-refractivity contribution in [3.63, 3.8) is 0 Å². The quantitative estimate of drug-likeness (QED) is 0.174. The van der Waals surface area contributed by atoms with Crippen molar-refractivity contribution in [2.75, 3.05) is 62.0 Å². The molecule has 1 aromatic heterocycles. The Morgan fingerprint density at radius 1 is 0.756 bits per heavy atom. The van der Waals surface area contributed by atoms with E-state index >= 15 is 0 Å². The molecule has 4 rings (SSSR count). The maximum atomic E-state index is 12.0. The first kappa shape index (κ1) is 30.2. The summed E-state index contributed by atoms with van der Waals surface area (Å²) in [7, 11) is 0. The highest BCUT2D eigenvalue weighted by Crippen LogP contribution is 2.23. The van der Waals surface area contributed by atoms with E-state index in [0.29, 0.717) is 75.4 Å². The molecular formula is C31H43N7O3. The third-order valence-corrected chi connectivity index (χ3v) is 6.95. The maximum Gasteiger partial charge on any atom is 0.251 e. The molecule has 1 heterocycles. The van der Waals surface area contributed by atoms with Crippen molar-refractivity contribution in [1.82, 2.24) is 20.3 Å². The molecule has 10 heteroatoms. The van der Waals surface area contributed by atoms with Gasteiger partial charge in [-0.05, 0) is 43.4 Å². The average molecular weight is 562 g/mol. The van der Waals surface area contributed by atoms with E-state index in [0.717, 1.165) is 12.1 Å². The normalized spacial score (nSPS) is 13.5. The molecule has 1 aliphatic rings. The van der Waals surface area contributed by atoms with Crippen molar-refractivity contribution in [2.24, 2.45) is 5.92 Å². The van der Waals surface area contributed by atoms with Gasteiger partial charge >= 0.3 is 0 Å². The number of rotatable bonds is 17. The second-order valence-electron chi connectivity index (χ2n) is 10.3. The molecule has 1 aliphatic carbocycles. The van der Waals surface area contributed by atoms with Crippen molar-refractivity contribution in [1.29, 1.82) is 0 Å². The second-order valence-corrected chi connectivity index (χ2v) is 10.3. The van der Waals surface area contributed by atoms with Gasteiger partial charge in [-0.15, -0.1) is 0 Å². The van der Waals surface area contributed by atoms with Crippen LogP contribution in [0.25, 0.3) is 0 Å². The number of ether oxygens (including phenoxy) is 2. The number of nitrogens with one attached hydrogen (secondary N) is 4. The molecule has 1 amide bonds. The molecule has 0 unspecified atom stereocenters. The number of aromatic nitrogens is 3. The minimum absolute atomic E-state index is 0.101. The number of aryl methyl sites for hydroxylation is 1. The lowest BCUT2D eigenvalue weighted by Gasteiger charge is -2.21. The molecule has 0 spiro atoms. The first-order chi connectivity index (χ1) is 20.2. The average Bonchev–Trinajstić information content (AvgIpc) is 3.01. The number of carbonyl (C=O) groups is 1. The molecule has 0 aliphatic heterocycles. The summed E-state index contributed by atoms with van der Waals surface area (Å²) in [5, 5.41) is 12.9. The van der Waals surface area contributed by atoms with Gasteiger partial charge in [0.15, 0.2) is 0 Å². The van der Waals surface area contributed by atoms with Gasteiger partial charge in [0.05, 0.1) is 26.4 Å². The van der Waals surface area contributed by atoms with Crippen LogP contribution in [0.4, 0.5) is 17.8 Å². The Kier molecular flexibility index (Phi) is 12.6. The number of carbonyl (C=O) groups excluding carboxylic acids is 1. The van der Waals surface area contributed by atoms with Crippen LogP contribution in [0.3, 0.4) is 0 Å².